The number of allylic oxidation sites excluding steroid dienone is 12. The van der Waals surface area contributed by atoms with Gasteiger partial charge in [0.05, 0.1) is 0 Å². The summed E-state index contributed by atoms with van der Waals surface area (Å²) in [5, 5.41) is 0. The lowest BCUT2D eigenvalue weighted by Crippen LogP contribution is -2.30. The van der Waals surface area contributed by atoms with Crippen LogP contribution in [0, 0.1) is 0 Å². The lowest BCUT2D eigenvalue weighted by Gasteiger charge is -2.18. The molecule has 0 heterocycles. The molecule has 74 heavy (non-hydrogen) atoms. The van der Waals surface area contributed by atoms with Crippen LogP contribution in [0.15, 0.2) is 72.9 Å². The SMILES string of the molecule is CC/C=C\C/C=C\C/C=C\C/C=C\CCCCCCCCCCCCCCCCCCC(=O)OCC(COC(=O)CCCCCCCCCC)OC(=O)CCCCCCCCCCC/C=C\C/C=C\CCCCC. The molecule has 0 fully saturated rings. The Hall–Kier alpha value is -3.15. The average Bonchev–Trinajstić information content (AvgIpc) is 3.40. The van der Waals surface area contributed by atoms with Gasteiger partial charge in [-0.25, -0.2) is 0 Å². The predicted molar refractivity (Wildman–Crippen MR) is 321 cm³/mol. The fourth-order valence-corrected chi connectivity index (χ4v) is 9.17. The highest BCUT2D eigenvalue weighted by Crippen LogP contribution is 2.17. The zero-order valence-electron chi connectivity index (χ0n) is 49.1. The quantitative estimate of drug-likeness (QED) is 0.0261. The topological polar surface area (TPSA) is 78.9 Å². The van der Waals surface area contributed by atoms with Crippen molar-refractivity contribution in [2.24, 2.45) is 0 Å². The van der Waals surface area contributed by atoms with Crippen molar-refractivity contribution in [1.29, 1.82) is 0 Å². The minimum Gasteiger partial charge on any atom is -0.462 e. The van der Waals surface area contributed by atoms with E-state index in [1.807, 2.05) is 0 Å². The van der Waals surface area contributed by atoms with Gasteiger partial charge in [0.15, 0.2) is 6.10 Å². The van der Waals surface area contributed by atoms with Crippen molar-refractivity contribution < 1.29 is 28.6 Å². The summed E-state index contributed by atoms with van der Waals surface area (Å²) in [6, 6.07) is 0. The van der Waals surface area contributed by atoms with E-state index in [-0.39, 0.29) is 31.1 Å². The van der Waals surface area contributed by atoms with Gasteiger partial charge < -0.3 is 14.2 Å². The van der Waals surface area contributed by atoms with Crippen LogP contribution >= 0.6 is 0 Å². The van der Waals surface area contributed by atoms with Crippen LogP contribution in [0.1, 0.15) is 323 Å². The number of hydrogen-bond acceptors (Lipinski definition) is 6. The second-order valence-corrected chi connectivity index (χ2v) is 21.3. The Bertz CT molecular complexity index is 1370. The van der Waals surface area contributed by atoms with Gasteiger partial charge in [-0.2, -0.15) is 0 Å². The average molecular weight is 1030 g/mol. The van der Waals surface area contributed by atoms with Crippen LogP contribution in [-0.2, 0) is 28.6 Å². The standard InChI is InChI=1S/C68H120O6/c1-4-7-10-13-16-19-21-23-25-27-29-30-31-32-33-34-35-36-37-38-40-41-43-45-47-49-52-55-58-61-67(70)73-64-65(63-72-66(69)60-57-54-51-18-15-12-9-6-3)74-68(71)62-59-56-53-50-48-46-44-42-39-28-26-24-22-20-17-14-11-8-5-2/h7,10,16-17,19-20,23-26,29-30,65H,4-6,8-9,11-15,18,21-22,27-28,31-64H2,1-3H3/b10-7-,19-16-,20-17-,25-23-,26-24-,30-29-. The maximum Gasteiger partial charge on any atom is 0.306 e. The normalized spacial score (nSPS) is 12.5. The Morgan fingerprint density at radius 3 is 0.851 bits per heavy atom. The molecular formula is C68H120O6. The molecule has 1 unspecified atom stereocenters. The highest BCUT2D eigenvalue weighted by atomic mass is 16.6. The third-order valence-electron chi connectivity index (χ3n) is 13.9. The highest BCUT2D eigenvalue weighted by Gasteiger charge is 2.19. The zero-order chi connectivity index (χ0) is 53.6. The number of carbonyl (C=O) groups excluding carboxylic acids is 3. The third-order valence-corrected chi connectivity index (χ3v) is 13.9. The van der Waals surface area contributed by atoms with Crippen molar-refractivity contribution in [1.82, 2.24) is 0 Å². The van der Waals surface area contributed by atoms with Crippen molar-refractivity contribution in [3.05, 3.63) is 72.9 Å². The van der Waals surface area contributed by atoms with Gasteiger partial charge in [-0.1, -0.05) is 286 Å². The third kappa shape index (κ3) is 59.7. The molecule has 0 rings (SSSR count). The molecule has 0 aliphatic heterocycles. The van der Waals surface area contributed by atoms with Crippen molar-refractivity contribution >= 4 is 17.9 Å². The number of esters is 3. The molecule has 6 nitrogen and oxygen atoms in total. The van der Waals surface area contributed by atoms with E-state index < -0.39 is 6.10 Å². The van der Waals surface area contributed by atoms with E-state index in [2.05, 4.69) is 93.7 Å². The van der Waals surface area contributed by atoms with Gasteiger partial charge in [0.2, 0.25) is 0 Å². The number of rotatable bonds is 58. The summed E-state index contributed by atoms with van der Waals surface area (Å²) in [5.41, 5.74) is 0. The molecule has 0 saturated heterocycles. The minimum atomic E-state index is -0.774. The molecule has 0 radical (unpaired) electrons. The molecule has 0 bridgehead atoms. The van der Waals surface area contributed by atoms with Crippen LogP contribution in [0.2, 0.25) is 0 Å². The summed E-state index contributed by atoms with van der Waals surface area (Å²) in [7, 11) is 0. The maximum atomic E-state index is 12.9. The van der Waals surface area contributed by atoms with E-state index in [0.717, 1.165) is 89.9 Å². The Labute approximate surface area is 459 Å². The van der Waals surface area contributed by atoms with Gasteiger partial charge in [-0.15, -0.1) is 0 Å². The molecule has 0 aromatic carbocycles. The number of unbranched alkanes of at least 4 members (excludes halogenated alkanes) is 35. The predicted octanol–water partition coefficient (Wildman–Crippen LogP) is 21.7. The van der Waals surface area contributed by atoms with E-state index in [1.54, 1.807) is 0 Å². The number of ether oxygens (including phenoxy) is 3. The van der Waals surface area contributed by atoms with Crippen molar-refractivity contribution in [2.45, 2.75) is 329 Å². The molecule has 0 aromatic rings. The molecule has 0 spiro atoms. The van der Waals surface area contributed by atoms with E-state index in [9.17, 15) is 14.4 Å². The summed E-state index contributed by atoms with van der Waals surface area (Å²) in [6.45, 7) is 6.50. The van der Waals surface area contributed by atoms with Crippen LogP contribution < -0.4 is 0 Å². The Morgan fingerprint density at radius 2 is 0.527 bits per heavy atom. The molecule has 428 valence electrons. The zero-order valence-corrected chi connectivity index (χ0v) is 49.1. The van der Waals surface area contributed by atoms with Crippen molar-refractivity contribution in [3.63, 3.8) is 0 Å². The first kappa shape index (κ1) is 70.8. The van der Waals surface area contributed by atoms with E-state index in [1.165, 1.54) is 193 Å². The van der Waals surface area contributed by atoms with Crippen molar-refractivity contribution in [2.75, 3.05) is 13.2 Å². The van der Waals surface area contributed by atoms with Gasteiger partial charge in [0.25, 0.3) is 0 Å². The summed E-state index contributed by atoms with van der Waals surface area (Å²) >= 11 is 0. The summed E-state index contributed by atoms with van der Waals surface area (Å²) in [4.78, 5) is 38.1. The lowest BCUT2D eigenvalue weighted by atomic mass is 10.0. The molecule has 0 aliphatic rings. The molecule has 0 saturated carbocycles. The molecular weight excluding hydrogens is 913 g/mol. The second kappa shape index (κ2) is 62.4. The summed E-state index contributed by atoms with van der Waals surface area (Å²) < 4.78 is 16.9. The van der Waals surface area contributed by atoms with Crippen LogP contribution in [0.5, 0.6) is 0 Å². The molecule has 6 heteroatoms. The Kier molecular flexibility index (Phi) is 59.7. The van der Waals surface area contributed by atoms with Gasteiger partial charge in [0.1, 0.15) is 13.2 Å². The summed E-state index contributed by atoms with van der Waals surface area (Å²) in [6.07, 6.45) is 80.7. The van der Waals surface area contributed by atoms with Gasteiger partial charge in [-0.3, -0.25) is 14.4 Å². The van der Waals surface area contributed by atoms with Crippen LogP contribution in [0.3, 0.4) is 0 Å². The van der Waals surface area contributed by atoms with E-state index in [0.29, 0.717) is 19.3 Å². The second-order valence-electron chi connectivity index (χ2n) is 21.3. The lowest BCUT2D eigenvalue weighted by molar-refractivity contribution is -0.167. The first-order chi connectivity index (χ1) is 36.5. The monoisotopic (exact) mass is 1030 g/mol. The Balaban J connectivity index is 4.11. The van der Waals surface area contributed by atoms with Crippen LogP contribution in [-0.4, -0.2) is 37.2 Å². The first-order valence-corrected chi connectivity index (χ1v) is 31.9. The smallest absolute Gasteiger partial charge is 0.306 e. The van der Waals surface area contributed by atoms with E-state index >= 15 is 0 Å². The summed E-state index contributed by atoms with van der Waals surface area (Å²) in [5.74, 6) is -0.867. The molecule has 1 atom stereocenters. The van der Waals surface area contributed by atoms with Crippen LogP contribution in [0.25, 0.3) is 0 Å². The molecule has 0 aliphatic carbocycles. The number of hydrogen-bond donors (Lipinski definition) is 0. The molecule has 0 amide bonds. The fraction of sp³-hybridized carbons (Fsp3) is 0.779. The van der Waals surface area contributed by atoms with Gasteiger partial charge in [-0.05, 0) is 89.9 Å². The maximum absolute atomic E-state index is 12.9. The van der Waals surface area contributed by atoms with Gasteiger partial charge >= 0.3 is 17.9 Å². The fourth-order valence-electron chi connectivity index (χ4n) is 9.17. The number of carbonyl (C=O) groups is 3. The van der Waals surface area contributed by atoms with Crippen LogP contribution in [0.4, 0.5) is 0 Å². The largest absolute Gasteiger partial charge is 0.462 e. The Morgan fingerprint density at radius 1 is 0.284 bits per heavy atom. The molecule has 0 aromatic heterocycles. The first-order valence-electron chi connectivity index (χ1n) is 31.9. The minimum absolute atomic E-state index is 0.0731. The molecule has 0 N–H and O–H groups in total. The van der Waals surface area contributed by atoms with Gasteiger partial charge in [0, 0.05) is 19.3 Å². The van der Waals surface area contributed by atoms with E-state index in [4.69, 9.17) is 14.2 Å². The van der Waals surface area contributed by atoms with Crippen molar-refractivity contribution in [3.8, 4) is 0 Å². The highest BCUT2D eigenvalue weighted by molar-refractivity contribution is 5.71.